The molecular weight excluding hydrogens is 486 g/mol. The van der Waals surface area contributed by atoms with Crippen molar-refractivity contribution in [3.63, 3.8) is 0 Å². The van der Waals surface area contributed by atoms with Crippen molar-refractivity contribution in [1.82, 2.24) is 14.3 Å². The summed E-state index contributed by atoms with van der Waals surface area (Å²) >= 11 is 6.65. The predicted octanol–water partition coefficient (Wildman–Crippen LogP) is 6.59. The SMILES string of the molecule is COc1ccc(C(=O)N(CCC(C)C)Cc2nc3ccccn3c2Cc2ccccc2C)c(Cl)c1OC. The van der Waals surface area contributed by atoms with E-state index in [1.54, 1.807) is 19.2 Å². The number of carbonyl (C=O) groups is 1. The first kappa shape index (κ1) is 26.6. The number of methoxy groups -OCH3 is 2. The molecule has 2 aromatic heterocycles. The number of rotatable bonds is 10. The topological polar surface area (TPSA) is 56.1 Å². The van der Waals surface area contributed by atoms with E-state index in [0.717, 1.165) is 29.9 Å². The molecule has 0 aliphatic rings. The number of carbonyl (C=O) groups excluding carboxylic acids is 1. The molecule has 2 heterocycles. The van der Waals surface area contributed by atoms with E-state index in [4.69, 9.17) is 26.1 Å². The molecule has 0 aliphatic carbocycles. The minimum atomic E-state index is -0.162. The summed E-state index contributed by atoms with van der Waals surface area (Å²) in [6, 6.07) is 17.8. The number of hydrogen-bond donors (Lipinski definition) is 0. The fourth-order valence-electron chi connectivity index (χ4n) is 4.47. The van der Waals surface area contributed by atoms with Crippen molar-refractivity contribution in [2.24, 2.45) is 5.92 Å². The van der Waals surface area contributed by atoms with Crippen LogP contribution in [-0.2, 0) is 13.0 Å². The van der Waals surface area contributed by atoms with Crippen molar-refractivity contribution in [1.29, 1.82) is 0 Å². The summed E-state index contributed by atoms with van der Waals surface area (Å²) in [6.07, 6.45) is 3.61. The molecule has 2 aromatic carbocycles. The number of hydrogen-bond acceptors (Lipinski definition) is 4. The van der Waals surface area contributed by atoms with E-state index in [-0.39, 0.29) is 10.9 Å². The minimum absolute atomic E-state index is 0.162. The van der Waals surface area contributed by atoms with E-state index in [9.17, 15) is 4.79 Å². The smallest absolute Gasteiger partial charge is 0.255 e. The Morgan fingerprint density at radius 3 is 2.51 bits per heavy atom. The highest BCUT2D eigenvalue weighted by atomic mass is 35.5. The first-order valence-corrected chi connectivity index (χ1v) is 12.9. The number of halogens is 1. The number of fused-ring (bicyclic) bond motifs is 1. The maximum absolute atomic E-state index is 13.9. The molecule has 37 heavy (non-hydrogen) atoms. The summed E-state index contributed by atoms with van der Waals surface area (Å²) in [5, 5.41) is 0.247. The van der Waals surface area contributed by atoms with Gasteiger partial charge in [-0.05, 0) is 54.7 Å². The molecule has 1 amide bonds. The van der Waals surface area contributed by atoms with Crippen LogP contribution in [0.3, 0.4) is 0 Å². The Morgan fingerprint density at radius 2 is 1.81 bits per heavy atom. The first-order chi connectivity index (χ1) is 17.8. The van der Waals surface area contributed by atoms with Gasteiger partial charge in [0.25, 0.3) is 5.91 Å². The molecular formula is C30H34ClN3O3. The molecule has 0 N–H and O–H groups in total. The number of aryl methyl sites for hydroxylation is 1. The van der Waals surface area contributed by atoms with E-state index >= 15 is 0 Å². The van der Waals surface area contributed by atoms with Crippen molar-refractivity contribution in [2.75, 3.05) is 20.8 Å². The number of ether oxygens (including phenoxy) is 2. The second-order valence-electron chi connectivity index (χ2n) is 9.61. The van der Waals surface area contributed by atoms with Gasteiger partial charge in [-0.2, -0.15) is 0 Å². The molecule has 0 unspecified atom stereocenters. The highest BCUT2D eigenvalue weighted by Crippen LogP contribution is 2.38. The fourth-order valence-corrected chi connectivity index (χ4v) is 4.78. The Balaban J connectivity index is 1.75. The number of benzene rings is 2. The average Bonchev–Trinajstić information content (AvgIpc) is 3.23. The highest BCUT2D eigenvalue weighted by Gasteiger charge is 2.25. The molecule has 4 aromatic rings. The monoisotopic (exact) mass is 519 g/mol. The van der Waals surface area contributed by atoms with Gasteiger partial charge in [0, 0.05) is 19.2 Å². The Hall–Kier alpha value is -3.51. The van der Waals surface area contributed by atoms with Crippen LogP contribution in [0.1, 0.15) is 53.1 Å². The van der Waals surface area contributed by atoms with Gasteiger partial charge in [0.15, 0.2) is 11.5 Å². The summed E-state index contributed by atoms with van der Waals surface area (Å²) < 4.78 is 12.9. The molecule has 0 spiro atoms. The predicted molar refractivity (Wildman–Crippen MR) is 148 cm³/mol. The second-order valence-corrected chi connectivity index (χ2v) is 9.99. The zero-order valence-electron chi connectivity index (χ0n) is 22.1. The number of pyridine rings is 1. The van der Waals surface area contributed by atoms with Crippen LogP contribution in [0.2, 0.25) is 5.02 Å². The molecule has 194 valence electrons. The summed E-state index contributed by atoms with van der Waals surface area (Å²) in [6.45, 7) is 7.38. The Bertz CT molecular complexity index is 1400. The van der Waals surface area contributed by atoms with Gasteiger partial charge in [0.05, 0.1) is 42.7 Å². The molecule has 0 saturated carbocycles. The van der Waals surface area contributed by atoms with Crippen LogP contribution in [0.15, 0.2) is 60.8 Å². The lowest BCUT2D eigenvalue weighted by Gasteiger charge is -2.25. The maximum Gasteiger partial charge on any atom is 0.255 e. The van der Waals surface area contributed by atoms with Crippen LogP contribution in [0.4, 0.5) is 0 Å². The molecule has 7 heteroatoms. The van der Waals surface area contributed by atoms with Crippen LogP contribution in [0, 0.1) is 12.8 Å². The third kappa shape index (κ3) is 5.75. The zero-order valence-corrected chi connectivity index (χ0v) is 22.9. The van der Waals surface area contributed by atoms with Gasteiger partial charge in [-0.15, -0.1) is 0 Å². The lowest BCUT2D eigenvalue weighted by Crippen LogP contribution is -2.33. The molecule has 0 bridgehead atoms. The van der Waals surface area contributed by atoms with Crippen LogP contribution in [-0.4, -0.2) is 41.0 Å². The molecule has 4 rings (SSSR count). The van der Waals surface area contributed by atoms with E-state index in [1.807, 2.05) is 35.4 Å². The Labute approximate surface area is 223 Å². The summed E-state index contributed by atoms with van der Waals surface area (Å²) in [7, 11) is 3.06. The van der Waals surface area contributed by atoms with Crippen molar-refractivity contribution in [2.45, 2.75) is 40.2 Å². The van der Waals surface area contributed by atoms with Crippen LogP contribution in [0.25, 0.3) is 5.65 Å². The number of aromatic nitrogens is 2. The van der Waals surface area contributed by atoms with E-state index in [2.05, 4.69) is 43.4 Å². The average molecular weight is 520 g/mol. The standard InChI is InChI=1S/C30H34ClN3O3/c1-20(2)15-17-33(30(35)23-13-14-26(36-4)29(37-5)28(23)31)19-24-25(18-22-11-7-6-10-21(22)3)34-16-9-8-12-27(34)32-24/h6-14,16,20H,15,17-19H2,1-5H3. The lowest BCUT2D eigenvalue weighted by molar-refractivity contribution is 0.0733. The fraction of sp³-hybridized carbons (Fsp3) is 0.333. The van der Waals surface area contributed by atoms with Gasteiger partial charge in [-0.25, -0.2) is 4.98 Å². The molecule has 0 saturated heterocycles. The van der Waals surface area contributed by atoms with Crippen molar-refractivity contribution >= 4 is 23.2 Å². The Morgan fingerprint density at radius 1 is 1.05 bits per heavy atom. The summed E-state index contributed by atoms with van der Waals surface area (Å²) in [4.78, 5) is 20.7. The summed E-state index contributed by atoms with van der Waals surface area (Å²) in [5.74, 6) is 1.11. The quantitative estimate of drug-likeness (QED) is 0.237. The van der Waals surface area contributed by atoms with Gasteiger partial charge < -0.3 is 18.8 Å². The lowest BCUT2D eigenvalue weighted by atomic mass is 10.0. The summed E-state index contributed by atoms with van der Waals surface area (Å²) in [5.41, 5.74) is 5.66. The van der Waals surface area contributed by atoms with Gasteiger partial charge in [-0.3, -0.25) is 4.79 Å². The zero-order chi connectivity index (χ0) is 26.5. The second kappa shape index (κ2) is 11.7. The van der Waals surface area contributed by atoms with Crippen molar-refractivity contribution in [3.05, 3.63) is 93.9 Å². The van der Waals surface area contributed by atoms with Gasteiger partial charge in [0.1, 0.15) is 5.65 Å². The van der Waals surface area contributed by atoms with Gasteiger partial charge in [-0.1, -0.05) is 55.8 Å². The van der Waals surface area contributed by atoms with Gasteiger partial charge >= 0.3 is 0 Å². The third-order valence-corrected chi connectivity index (χ3v) is 7.03. The molecule has 0 aliphatic heterocycles. The Kier molecular flexibility index (Phi) is 8.39. The molecule has 6 nitrogen and oxygen atoms in total. The molecule has 0 radical (unpaired) electrons. The largest absolute Gasteiger partial charge is 0.493 e. The van der Waals surface area contributed by atoms with Crippen molar-refractivity contribution < 1.29 is 14.3 Å². The minimum Gasteiger partial charge on any atom is -0.493 e. The first-order valence-electron chi connectivity index (χ1n) is 12.5. The number of imidazole rings is 1. The van der Waals surface area contributed by atoms with Crippen LogP contribution >= 0.6 is 11.6 Å². The van der Waals surface area contributed by atoms with E-state index in [0.29, 0.717) is 36.1 Å². The van der Waals surface area contributed by atoms with E-state index in [1.165, 1.54) is 18.2 Å². The highest BCUT2D eigenvalue weighted by molar-refractivity contribution is 6.35. The maximum atomic E-state index is 13.9. The molecule has 0 fully saturated rings. The number of amides is 1. The van der Waals surface area contributed by atoms with Crippen LogP contribution < -0.4 is 9.47 Å². The van der Waals surface area contributed by atoms with Crippen molar-refractivity contribution in [3.8, 4) is 11.5 Å². The number of nitrogens with zero attached hydrogens (tertiary/aromatic N) is 3. The normalized spacial score (nSPS) is 11.2. The molecule has 0 atom stereocenters. The third-order valence-electron chi connectivity index (χ3n) is 6.65. The van der Waals surface area contributed by atoms with E-state index < -0.39 is 0 Å². The van der Waals surface area contributed by atoms with Crippen LogP contribution in [0.5, 0.6) is 11.5 Å². The van der Waals surface area contributed by atoms with Gasteiger partial charge in [0.2, 0.25) is 0 Å².